The molecule has 0 saturated carbocycles. The number of hydrogen-bond donors (Lipinski definition) is 0. The topological polar surface area (TPSA) is 54.9 Å². The number of pyridine rings is 1. The summed E-state index contributed by atoms with van der Waals surface area (Å²) in [5.74, 6) is 0.212. The van der Waals surface area contributed by atoms with Crippen molar-refractivity contribution in [2.45, 2.75) is 51.9 Å². The van der Waals surface area contributed by atoms with Gasteiger partial charge in [-0.15, -0.1) is 0 Å². The molecular weight excluding hydrogens is 342 g/mol. The first-order valence-corrected chi connectivity index (χ1v) is 10.1. The standard InChI is InChI=1S/C21H33N3O3/c1-17(2)23(3)13-20(25)24-11-7-19-21(15-24,8-4-12-27-19)16-26-14-18-5-9-22-10-6-18/h5-6,9-10,17,19H,4,7-8,11-16H2,1-3H3. The fourth-order valence-electron chi connectivity index (χ4n) is 4.06. The lowest BCUT2D eigenvalue weighted by Crippen LogP contribution is -2.59. The summed E-state index contributed by atoms with van der Waals surface area (Å²) in [4.78, 5) is 21.0. The van der Waals surface area contributed by atoms with E-state index in [-0.39, 0.29) is 17.4 Å². The fraction of sp³-hybridized carbons (Fsp3) is 0.714. The number of amides is 1. The van der Waals surface area contributed by atoms with Gasteiger partial charge in [0.25, 0.3) is 0 Å². The molecule has 0 bridgehead atoms. The Morgan fingerprint density at radius 1 is 1.44 bits per heavy atom. The Balaban J connectivity index is 1.62. The Morgan fingerprint density at radius 2 is 2.22 bits per heavy atom. The highest BCUT2D eigenvalue weighted by Crippen LogP contribution is 2.40. The third-order valence-corrected chi connectivity index (χ3v) is 6.01. The number of hydrogen-bond acceptors (Lipinski definition) is 5. The molecule has 0 aliphatic carbocycles. The van der Waals surface area contributed by atoms with E-state index < -0.39 is 0 Å². The van der Waals surface area contributed by atoms with Gasteiger partial charge in [0.05, 0.1) is 25.9 Å². The minimum Gasteiger partial charge on any atom is -0.377 e. The van der Waals surface area contributed by atoms with Crippen molar-refractivity contribution in [3.63, 3.8) is 0 Å². The predicted molar refractivity (Wildman–Crippen MR) is 104 cm³/mol. The monoisotopic (exact) mass is 375 g/mol. The number of ether oxygens (including phenoxy) is 2. The molecule has 2 aliphatic heterocycles. The molecule has 27 heavy (non-hydrogen) atoms. The quantitative estimate of drug-likeness (QED) is 0.732. The van der Waals surface area contributed by atoms with Gasteiger partial charge in [-0.25, -0.2) is 0 Å². The highest BCUT2D eigenvalue weighted by Gasteiger charge is 2.47. The first-order valence-electron chi connectivity index (χ1n) is 10.1. The summed E-state index contributed by atoms with van der Waals surface area (Å²) in [6, 6.07) is 4.32. The first kappa shape index (κ1) is 20.2. The minimum absolute atomic E-state index is 0.0877. The van der Waals surface area contributed by atoms with Crippen LogP contribution in [0.25, 0.3) is 0 Å². The molecule has 0 radical (unpaired) electrons. The zero-order chi connectivity index (χ0) is 19.3. The van der Waals surface area contributed by atoms with Gasteiger partial charge in [-0.2, -0.15) is 0 Å². The van der Waals surface area contributed by atoms with Crippen molar-refractivity contribution >= 4 is 5.91 Å². The predicted octanol–water partition coefficient (Wildman–Crippen LogP) is 2.34. The van der Waals surface area contributed by atoms with Crippen LogP contribution >= 0.6 is 0 Å². The molecule has 1 aromatic rings. The summed E-state index contributed by atoms with van der Waals surface area (Å²) in [5, 5.41) is 0. The van der Waals surface area contributed by atoms with Crippen molar-refractivity contribution in [2.24, 2.45) is 5.41 Å². The van der Waals surface area contributed by atoms with Crippen LogP contribution in [0.5, 0.6) is 0 Å². The molecule has 0 spiro atoms. The Hall–Kier alpha value is -1.50. The summed E-state index contributed by atoms with van der Waals surface area (Å²) >= 11 is 0. The van der Waals surface area contributed by atoms with Gasteiger partial charge in [0, 0.05) is 43.5 Å². The average molecular weight is 376 g/mol. The number of piperidine rings is 1. The van der Waals surface area contributed by atoms with Gasteiger partial charge >= 0.3 is 0 Å². The molecule has 1 aromatic heterocycles. The lowest BCUT2D eigenvalue weighted by molar-refractivity contribution is -0.166. The summed E-state index contributed by atoms with van der Waals surface area (Å²) in [6.45, 7) is 8.23. The van der Waals surface area contributed by atoms with E-state index in [0.29, 0.717) is 25.8 Å². The van der Waals surface area contributed by atoms with Gasteiger partial charge in [0.15, 0.2) is 0 Å². The van der Waals surface area contributed by atoms with Gasteiger partial charge in [0.2, 0.25) is 5.91 Å². The molecule has 2 saturated heterocycles. The van der Waals surface area contributed by atoms with E-state index in [1.54, 1.807) is 12.4 Å². The molecule has 1 amide bonds. The lowest BCUT2D eigenvalue weighted by Gasteiger charge is -2.50. The van der Waals surface area contributed by atoms with Gasteiger partial charge in [-0.1, -0.05) is 0 Å². The molecule has 6 nitrogen and oxygen atoms in total. The number of carbonyl (C=O) groups excluding carboxylic acids is 1. The number of nitrogens with zero attached hydrogens (tertiary/aromatic N) is 3. The van der Waals surface area contributed by atoms with Crippen molar-refractivity contribution < 1.29 is 14.3 Å². The van der Waals surface area contributed by atoms with Gasteiger partial charge in [-0.3, -0.25) is 14.7 Å². The smallest absolute Gasteiger partial charge is 0.236 e. The highest BCUT2D eigenvalue weighted by atomic mass is 16.5. The summed E-state index contributed by atoms with van der Waals surface area (Å²) in [7, 11) is 2.01. The number of aromatic nitrogens is 1. The number of carbonyl (C=O) groups is 1. The maximum atomic E-state index is 12.8. The van der Waals surface area contributed by atoms with Crippen molar-refractivity contribution in [1.29, 1.82) is 0 Å². The fourth-order valence-corrected chi connectivity index (χ4v) is 4.06. The number of rotatable bonds is 7. The lowest BCUT2D eigenvalue weighted by atomic mass is 9.73. The molecule has 6 heteroatoms. The second-order valence-electron chi connectivity index (χ2n) is 8.29. The van der Waals surface area contributed by atoms with Crippen LogP contribution in [0.15, 0.2) is 24.5 Å². The number of likely N-dealkylation sites (N-methyl/N-ethyl adjacent to an activating group) is 1. The summed E-state index contributed by atoms with van der Waals surface area (Å²) in [6.07, 6.45) is 6.75. The van der Waals surface area contributed by atoms with E-state index in [2.05, 4.69) is 23.7 Å². The highest BCUT2D eigenvalue weighted by molar-refractivity contribution is 5.78. The molecular formula is C21H33N3O3. The third-order valence-electron chi connectivity index (χ3n) is 6.01. The molecule has 0 aromatic carbocycles. The zero-order valence-electron chi connectivity index (χ0n) is 16.9. The average Bonchev–Trinajstić information content (AvgIpc) is 2.68. The van der Waals surface area contributed by atoms with E-state index >= 15 is 0 Å². The molecule has 2 fully saturated rings. The van der Waals surface area contributed by atoms with Crippen LogP contribution in [-0.4, -0.2) is 72.7 Å². The van der Waals surface area contributed by atoms with Crippen LogP contribution in [0.1, 0.15) is 38.7 Å². The van der Waals surface area contributed by atoms with Gasteiger partial charge < -0.3 is 14.4 Å². The van der Waals surface area contributed by atoms with Gasteiger partial charge in [-0.05, 0) is 57.9 Å². The summed E-state index contributed by atoms with van der Waals surface area (Å²) < 4.78 is 12.2. The summed E-state index contributed by atoms with van der Waals surface area (Å²) in [5.41, 5.74) is 1.03. The van der Waals surface area contributed by atoms with E-state index in [0.717, 1.165) is 44.5 Å². The van der Waals surface area contributed by atoms with Crippen LogP contribution in [0.4, 0.5) is 0 Å². The molecule has 2 aliphatic rings. The van der Waals surface area contributed by atoms with Crippen LogP contribution in [0.2, 0.25) is 0 Å². The normalized spacial score (nSPS) is 25.7. The third kappa shape index (κ3) is 5.06. The number of likely N-dealkylation sites (tertiary alicyclic amines) is 1. The van der Waals surface area contributed by atoms with Crippen molar-refractivity contribution in [3.8, 4) is 0 Å². The minimum atomic E-state index is -0.0877. The Kier molecular flexibility index (Phi) is 6.84. The van der Waals surface area contributed by atoms with E-state index in [9.17, 15) is 4.79 Å². The molecule has 150 valence electrons. The Bertz CT molecular complexity index is 610. The van der Waals surface area contributed by atoms with Crippen LogP contribution < -0.4 is 0 Å². The van der Waals surface area contributed by atoms with Crippen molar-refractivity contribution in [1.82, 2.24) is 14.8 Å². The number of fused-ring (bicyclic) bond motifs is 1. The Labute approximate surface area is 162 Å². The van der Waals surface area contributed by atoms with E-state index in [4.69, 9.17) is 9.47 Å². The largest absolute Gasteiger partial charge is 0.377 e. The van der Waals surface area contributed by atoms with Crippen LogP contribution in [-0.2, 0) is 20.9 Å². The second-order valence-corrected chi connectivity index (χ2v) is 8.29. The van der Waals surface area contributed by atoms with E-state index in [1.807, 2.05) is 24.1 Å². The van der Waals surface area contributed by atoms with Crippen molar-refractivity contribution in [2.75, 3.05) is 39.9 Å². The zero-order valence-corrected chi connectivity index (χ0v) is 16.9. The second kappa shape index (κ2) is 9.13. The maximum Gasteiger partial charge on any atom is 0.236 e. The molecule has 3 rings (SSSR count). The molecule has 2 unspecified atom stereocenters. The molecule has 3 heterocycles. The van der Waals surface area contributed by atoms with E-state index in [1.165, 1.54) is 0 Å². The van der Waals surface area contributed by atoms with Crippen molar-refractivity contribution in [3.05, 3.63) is 30.1 Å². The SMILES string of the molecule is CC(C)N(C)CC(=O)N1CCC2OCCCC2(COCc2ccncc2)C1. The van der Waals surface area contributed by atoms with Gasteiger partial charge in [0.1, 0.15) is 0 Å². The van der Waals surface area contributed by atoms with Crippen LogP contribution in [0.3, 0.4) is 0 Å². The van der Waals surface area contributed by atoms with Crippen LogP contribution in [0, 0.1) is 5.41 Å². The Morgan fingerprint density at radius 3 is 2.96 bits per heavy atom. The molecule has 0 N–H and O–H groups in total. The molecule has 2 atom stereocenters. The maximum absolute atomic E-state index is 12.8. The first-order chi connectivity index (χ1) is 13.0.